The molecule has 0 radical (unpaired) electrons. The van der Waals surface area contributed by atoms with Gasteiger partial charge in [-0.15, -0.1) is 0 Å². The van der Waals surface area contributed by atoms with Gasteiger partial charge in [-0.05, 0) is 51.1 Å². The van der Waals surface area contributed by atoms with E-state index in [-0.39, 0.29) is 12.1 Å². The van der Waals surface area contributed by atoms with Crippen LogP contribution in [0.5, 0.6) is 0 Å². The van der Waals surface area contributed by atoms with Crippen molar-refractivity contribution in [2.75, 3.05) is 5.32 Å². The Morgan fingerprint density at radius 1 is 1.10 bits per heavy atom. The number of fused-ring (bicyclic) bond motifs is 1. The van der Waals surface area contributed by atoms with E-state index in [0.717, 1.165) is 40.0 Å². The summed E-state index contributed by atoms with van der Waals surface area (Å²) in [4.78, 5) is 15.2. The summed E-state index contributed by atoms with van der Waals surface area (Å²) < 4.78 is 12.9. The van der Waals surface area contributed by atoms with E-state index in [2.05, 4.69) is 16.5 Å². The lowest BCUT2D eigenvalue weighted by Crippen LogP contribution is -2.42. The molecule has 1 amide bonds. The lowest BCUT2D eigenvalue weighted by molar-refractivity contribution is 0.0651. The van der Waals surface area contributed by atoms with Crippen molar-refractivity contribution in [3.8, 4) is 5.82 Å². The van der Waals surface area contributed by atoms with Crippen LogP contribution in [0.3, 0.4) is 0 Å². The molecule has 30 heavy (non-hydrogen) atoms. The predicted molar refractivity (Wildman–Crippen MR) is 111 cm³/mol. The number of carbonyl (C=O) groups excluding carboxylic acids is 1. The second-order valence-electron chi connectivity index (χ2n) is 7.56. The molecule has 1 aliphatic rings. The zero-order valence-electron chi connectivity index (χ0n) is 17.0. The second kappa shape index (κ2) is 6.95. The van der Waals surface area contributed by atoms with Gasteiger partial charge in [0.15, 0.2) is 5.82 Å². The molecule has 0 bridgehead atoms. The minimum atomic E-state index is -0.342. The first kappa shape index (κ1) is 18.3. The maximum Gasteiger partial charge on any atom is 0.258 e. The van der Waals surface area contributed by atoms with Crippen molar-refractivity contribution in [2.24, 2.45) is 0 Å². The molecule has 1 atom stereocenters. The molecule has 3 aromatic heterocycles. The number of nitrogens with one attached hydrogen (secondary N) is 1. The van der Waals surface area contributed by atoms with Gasteiger partial charge in [0.05, 0.1) is 18.4 Å². The Morgan fingerprint density at radius 3 is 2.67 bits per heavy atom. The highest BCUT2D eigenvalue weighted by Crippen LogP contribution is 2.37. The molecular weight excluding hydrogens is 380 g/mol. The Balaban J connectivity index is 1.61. The molecule has 4 heterocycles. The first-order valence-corrected chi connectivity index (χ1v) is 9.84. The van der Waals surface area contributed by atoms with Crippen LogP contribution in [0.2, 0.25) is 0 Å². The van der Waals surface area contributed by atoms with Crippen LogP contribution in [0.25, 0.3) is 5.82 Å². The van der Waals surface area contributed by atoms with Crippen LogP contribution in [0.15, 0.2) is 63.7 Å². The fourth-order valence-corrected chi connectivity index (χ4v) is 4.15. The third-order valence-electron chi connectivity index (χ3n) is 5.54. The quantitative estimate of drug-likeness (QED) is 0.533. The molecule has 7 heteroatoms. The Hall–Kier alpha value is -3.74. The Labute approximate surface area is 173 Å². The average Bonchev–Trinajstić information content (AvgIpc) is 3.45. The van der Waals surface area contributed by atoms with Crippen LogP contribution in [-0.4, -0.2) is 20.5 Å². The number of carbonyl (C=O) groups is 1. The maximum atomic E-state index is 13.4. The van der Waals surface area contributed by atoms with Gasteiger partial charge in [-0.1, -0.05) is 17.3 Å². The number of furan rings is 1. The molecule has 7 nitrogen and oxygen atoms in total. The van der Waals surface area contributed by atoms with Crippen LogP contribution < -0.4 is 5.32 Å². The van der Waals surface area contributed by atoms with Crippen LogP contribution in [0.1, 0.15) is 45.0 Å². The van der Waals surface area contributed by atoms with E-state index in [9.17, 15) is 4.79 Å². The van der Waals surface area contributed by atoms with Crippen LogP contribution in [-0.2, 0) is 6.54 Å². The van der Waals surface area contributed by atoms with Gasteiger partial charge in [-0.25, -0.2) is 0 Å². The first-order chi connectivity index (χ1) is 14.5. The van der Waals surface area contributed by atoms with Crippen LogP contribution in [0.4, 0.5) is 5.69 Å². The molecule has 1 aliphatic heterocycles. The number of amides is 1. The van der Waals surface area contributed by atoms with Crippen molar-refractivity contribution in [1.29, 1.82) is 0 Å². The molecule has 1 aromatic carbocycles. The topological polar surface area (TPSA) is 76.4 Å². The highest BCUT2D eigenvalue weighted by molar-refractivity contribution is 6.01. The second-order valence-corrected chi connectivity index (χ2v) is 7.56. The van der Waals surface area contributed by atoms with Gasteiger partial charge in [0.2, 0.25) is 0 Å². The maximum absolute atomic E-state index is 13.4. The largest absolute Gasteiger partial charge is 0.467 e. The number of nitrogens with zero attached hydrogens (tertiary/aromatic N) is 3. The van der Waals surface area contributed by atoms with E-state index >= 15 is 0 Å². The Kier molecular flexibility index (Phi) is 4.24. The van der Waals surface area contributed by atoms with E-state index in [1.54, 1.807) is 11.2 Å². The number of rotatable bonds is 4. The number of hydrogen-bond acceptors (Lipinski definition) is 5. The molecule has 0 fully saturated rings. The highest BCUT2D eigenvalue weighted by atomic mass is 16.5. The number of hydrogen-bond donors (Lipinski definition) is 1. The molecule has 4 aromatic rings. The van der Waals surface area contributed by atoms with E-state index in [0.29, 0.717) is 12.1 Å². The molecule has 0 unspecified atom stereocenters. The monoisotopic (exact) mass is 402 g/mol. The summed E-state index contributed by atoms with van der Waals surface area (Å²) in [6, 6.07) is 15.3. The van der Waals surface area contributed by atoms with Crippen molar-refractivity contribution >= 4 is 11.6 Å². The molecule has 0 spiro atoms. The zero-order valence-corrected chi connectivity index (χ0v) is 17.0. The SMILES string of the molecule is Cc1cc(-n2c(C)cc([C@H]3Nc4ccccc4C(=O)N3Cc3ccco3)c2C)no1. The predicted octanol–water partition coefficient (Wildman–Crippen LogP) is 4.75. The third-order valence-corrected chi connectivity index (χ3v) is 5.54. The minimum Gasteiger partial charge on any atom is -0.467 e. The lowest BCUT2D eigenvalue weighted by Gasteiger charge is -2.37. The van der Waals surface area contributed by atoms with Crippen molar-refractivity contribution in [3.05, 3.63) is 88.8 Å². The van der Waals surface area contributed by atoms with Gasteiger partial charge in [0.25, 0.3) is 5.91 Å². The summed E-state index contributed by atoms with van der Waals surface area (Å²) in [5.74, 6) is 2.18. The number of benzene rings is 1. The molecule has 0 aliphatic carbocycles. The molecule has 152 valence electrons. The van der Waals surface area contributed by atoms with E-state index in [1.807, 2.05) is 67.8 Å². The molecule has 0 saturated heterocycles. The Morgan fingerprint density at radius 2 is 1.93 bits per heavy atom. The number of aromatic nitrogens is 2. The summed E-state index contributed by atoms with van der Waals surface area (Å²) in [5.41, 5.74) is 4.49. The van der Waals surface area contributed by atoms with E-state index in [1.165, 1.54) is 0 Å². The summed E-state index contributed by atoms with van der Waals surface area (Å²) in [7, 11) is 0. The van der Waals surface area contributed by atoms with Crippen molar-refractivity contribution < 1.29 is 13.7 Å². The molecule has 1 N–H and O–H groups in total. The van der Waals surface area contributed by atoms with E-state index in [4.69, 9.17) is 8.94 Å². The minimum absolute atomic E-state index is 0.0344. The smallest absolute Gasteiger partial charge is 0.258 e. The van der Waals surface area contributed by atoms with Crippen molar-refractivity contribution in [3.63, 3.8) is 0 Å². The number of para-hydroxylation sites is 1. The van der Waals surface area contributed by atoms with Crippen LogP contribution >= 0.6 is 0 Å². The van der Waals surface area contributed by atoms with Gasteiger partial charge in [0.1, 0.15) is 17.7 Å². The van der Waals surface area contributed by atoms with Gasteiger partial charge >= 0.3 is 0 Å². The van der Waals surface area contributed by atoms with Crippen LogP contribution in [0, 0.1) is 20.8 Å². The Bertz CT molecular complexity index is 1220. The first-order valence-electron chi connectivity index (χ1n) is 9.84. The summed E-state index contributed by atoms with van der Waals surface area (Å²) >= 11 is 0. The van der Waals surface area contributed by atoms with Gasteiger partial charge in [-0.2, -0.15) is 0 Å². The number of aryl methyl sites for hydroxylation is 2. The molecule has 0 saturated carbocycles. The van der Waals surface area contributed by atoms with Gasteiger partial charge < -0.3 is 19.2 Å². The van der Waals surface area contributed by atoms with E-state index < -0.39 is 0 Å². The molecule has 5 rings (SSSR count). The lowest BCUT2D eigenvalue weighted by atomic mass is 10.0. The van der Waals surface area contributed by atoms with Crippen molar-refractivity contribution in [2.45, 2.75) is 33.5 Å². The molecular formula is C23H22N4O3. The standard InChI is InChI=1S/C23H22N4O3/c1-14-11-19(16(3)27(14)21-12-15(2)30-25-21)22-24-20-9-5-4-8-18(20)23(28)26(22)13-17-7-6-10-29-17/h4-12,22,24H,13H2,1-3H3/t22-/m0/s1. The summed E-state index contributed by atoms with van der Waals surface area (Å²) in [5, 5.41) is 7.72. The van der Waals surface area contributed by atoms with Gasteiger partial charge in [0, 0.05) is 28.7 Å². The number of anilines is 1. The summed E-state index contributed by atoms with van der Waals surface area (Å²) in [6.07, 6.45) is 1.28. The zero-order chi connectivity index (χ0) is 20.8. The third kappa shape index (κ3) is 2.90. The summed E-state index contributed by atoms with van der Waals surface area (Å²) in [6.45, 7) is 6.29. The highest BCUT2D eigenvalue weighted by Gasteiger charge is 2.35. The fourth-order valence-electron chi connectivity index (χ4n) is 4.15. The van der Waals surface area contributed by atoms with Gasteiger partial charge in [-0.3, -0.25) is 9.36 Å². The normalized spacial score (nSPS) is 15.9. The average molecular weight is 402 g/mol. The fraction of sp³-hybridized carbons (Fsp3) is 0.217. The van der Waals surface area contributed by atoms with Crippen molar-refractivity contribution in [1.82, 2.24) is 14.6 Å².